The van der Waals surface area contributed by atoms with Crippen molar-refractivity contribution in [2.24, 2.45) is 0 Å². The molecule has 0 amide bonds. The maximum atomic E-state index is 14.4. The van der Waals surface area contributed by atoms with E-state index in [1.54, 1.807) is 6.08 Å². The molecule has 102 valence electrons. The summed E-state index contributed by atoms with van der Waals surface area (Å²) in [6.45, 7) is 2.16. The summed E-state index contributed by atoms with van der Waals surface area (Å²) in [5.74, 6) is 0. The van der Waals surface area contributed by atoms with Gasteiger partial charge in [-0.15, -0.1) is 0 Å². The Morgan fingerprint density at radius 1 is 1.21 bits per heavy atom. The number of allylic oxidation sites excluding steroid dienone is 4. The molecular formula is C17H20BrF. The minimum Gasteiger partial charge on any atom is -0.241 e. The largest absolute Gasteiger partial charge is 0.241 e. The van der Waals surface area contributed by atoms with Crippen molar-refractivity contribution >= 4 is 21.5 Å². The van der Waals surface area contributed by atoms with E-state index < -0.39 is 10.5 Å². The smallest absolute Gasteiger partial charge is 0.138 e. The van der Waals surface area contributed by atoms with Crippen LogP contribution in [0.2, 0.25) is 0 Å². The molecule has 1 aliphatic rings. The van der Waals surface area contributed by atoms with Crippen molar-refractivity contribution in [2.75, 3.05) is 0 Å². The summed E-state index contributed by atoms with van der Waals surface area (Å²) in [6.07, 6.45) is 9.00. The Balaban J connectivity index is 2.09. The van der Waals surface area contributed by atoms with Crippen LogP contribution in [-0.4, -0.2) is 10.5 Å². The van der Waals surface area contributed by atoms with Crippen molar-refractivity contribution in [3.05, 3.63) is 54.1 Å². The molecule has 0 nitrogen and oxygen atoms in total. The first kappa shape index (κ1) is 14.5. The van der Waals surface area contributed by atoms with Crippen LogP contribution in [0.1, 0.15) is 38.2 Å². The third-order valence-electron chi connectivity index (χ3n) is 3.59. The molecule has 0 heterocycles. The number of alkyl halides is 2. The Hall–Kier alpha value is -0.890. The summed E-state index contributed by atoms with van der Waals surface area (Å²) in [7, 11) is 0. The highest BCUT2D eigenvalue weighted by Gasteiger charge is 2.34. The van der Waals surface area contributed by atoms with Gasteiger partial charge in [0.05, 0.1) is 4.32 Å². The zero-order valence-electron chi connectivity index (χ0n) is 11.3. The van der Waals surface area contributed by atoms with Gasteiger partial charge in [0, 0.05) is 0 Å². The first-order chi connectivity index (χ1) is 9.15. The minimum atomic E-state index is -0.968. The molecule has 0 saturated heterocycles. The van der Waals surface area contributed by atoms with Gasteiger partial charge in [0.25, 0.3) is 0 Å². The van der Waals surface area contributed by atoms with E-state index in [2.05, 4.69) is 22.9 Å². The average Bonchev–Trinajstić information content (AvgIpc) is 2.43. The Labute approximate surface area is 123 Å². The van der Waals surface area contributed by atoms with Gasteiger partial charge in [-0.1, -0.05) is 84.6 Å². The lowest BCUT2D eigenvalue weighted by Crippen LogP contribution is -2.31. The van der Waals surface area contributed by atoms with Gasteiger partial charge < -0.3 is 0 Å². The van der Waals surface area contributed by atoms with Gasteiger partial charge in [-0.2, -0.15) is 0 Å². The predicted octanol–water partition coefficient (Wildman–Crippen LogP) is 5.69. The van der Waals surface area contributed by atoms with Gasteiger partial charge in [-0.25, -0.2) is 4.39 Å². The number of hydrogen-bond donors (Lipinski definition) is 0. The maximum absolute atomic E-state index is 14.4. The Bertz CT molecular complexity index is 463. The van der Waals surface area contributed by atoms with Gasteiger partial charge in [0.2, 0.25) is 0 Å². The molecule has 0 aromatic heterocycles. The zero-order valence-corrected chi connectivity index (χ0v) is 12.9. The van der Waals surface area contributed by atoms with Gasteiger partial charge in [0.15, 0.2) is 0 Å². The van der Waals surface area contributed by atoms with Crippen molar-refractivity contribution in [3.8, 4) is 0 Å². The molecule has 2 rings (SSSR count). The van der Waals surface area contributed by atoms with Crippen LogP contribution < -0.4 is 0 Å². The Morgan fingerprint density at radius 2 is 1.95 bits per heavy atom. The molecule has 2 heteroatoms. The van der Waals surface area contributed by atoms with Crippen molar-refractivity contribution in [1.29, 1.82) is 0 Å². The van der Waals surface area contributed by atoms with Crippen molar-refractivity contribution in [2.45, 2.75) is 43.1 Å². The fourth-order valence-corrected chi connectivity index (χ4v) is 2.91. The molecule has 0 fully saturated rings. The second-order valence-electron chi connectivity index (χ2n) is 5.11. The highest BCUT2D eigenvalue weighted by atomic mass is 79.9. The number of hydrogen-bond acceptors (Lipinski definition) is 0. The van der Waals surface area contributed by atoms with Gasteiger partial charge in [0.1, 0.15) is 6.17 Å². The fourth-order valence-electron chi connectivity index (χ4n) is 2.36. The monoisotopic (exact) mass is 322 g/mol. The van der Waals surface area contributed by atoms with E-state index in [0.29, 0.717) is 0 Å². The van der Waals surface area contributed by atoms with Gasteiger partial charge in [-0.3, -0.25) is 0 Å². The van der Waals surface area contributed by atoms with Crippen LogP contribution in [0.4, 0.5) is 4.39 Å². The second-order valence-corrected chi connectivity index (χ2v) is 6.58. The van der Waals surface area contributed by atoms with E-state index in [4.69, 9.17) is 0 Å². The van der Waals surface area contributed by atoms with Crippen LogP contribution in [0, 0.1) is 0 Å². The summed E-state index contributed by atoms with van der Waals surface area (Å²) in [6, 6.07) is 9.97. The maximum Gasteiger partial charge on any atom is 0.138 e. The van der Waals surface area contributed by atoms with E-state index in [0.717, 1.165) is 36.8 Å². The lowest BCUT2D eigenvalue weighted by molar-refractivity contribution is 0.333. The lowest BCUT2D eigenvalue weighted by atomic mass is 9.88. The Morgan fingerprint density at radius 3 is 2.58 bits per heavy atom. The molecule has 1 aromatic rings. The van der Waals surface area contributed by atoms with E-state index >= 15 is 0 Å². The summed E-state index contributed by atoms with van der Waals surface area (Å²) in [4.78, 5) is 0. The first-order valence-electron chi connectivity index (χ1n) is 6.95. The quantitative estimate of drug-likeness (QED) is 0.482. The highest BCUT2D eigenvalue weighted by Crippen LogP contribution is 2.39. The highest BCUT2D eigenvalue weighted by molar-refractivity contribution is 9.10. The Kier molecular flexibility index (Phi) is 4.98. The molecular weight excluding hydrogens is 303 g/mol. The van der Waals surface area contributed by atoms with Gasteiger partial charge in [-0.05, 0) is 23.6 Å². The molecule has 19 heavy (non-hydrogen) atoms. The van der Waals surface area contributed by atoms with Crippen molar-refractivity contribution in [3.63, 3.8) is 0 Å². The molecule has 1 aliphatic carbocycles. The van der Waals surface area contributed by atoms with Crippen molar-refractivity contribution in [1.82, 2.24) is 0 Å². The summed E-state index contributed by atoms with van der Waals surface area (Å²) in [5, 5.41) is 0. The van der Waals surface area contributed by atoms with Crippen LogP contribution in [0.15, 0.2) is 48.6 Å². The van der Waals surface area contributed by atoms with E-state index in [1.807, 2.05) is 42.5 Å². The third kappa shape index (κ3) is 3.56. The summed E-state index contributed by atoms with van der Waals surface area (Å²) in [5.41, 5.74) is 2.04. The summed E-state index contributed by atoms with van der Waals surface area (Å²) < 4.78 is 13.9. The first-order valence-corrected chi connectivity index (χ1v) is 7.74. The van der Waals surface area contributed by atoms with Gasteiger partial charge >= 0.3 is 0 Å². The molecule has 0 saturated carbocycles. The van der Waals surface area contributed by atoms with Crippen molar-refractivity contribution < 1.29 is 4.39 Å². The third-order valence-corrected chi connectivity index (χ3v) is 4.69. The fraction of sp³-hybridized carbons (Fsp3) is 0.412. The molecule has 0 bridgehead atoms. The van der Waals surface area contributed by atoms with Crippen LogP contribution in [0.3, 0.4) is 0 Å². The van der Waals surface area contributed by atoms with Crippen LogP contribution >= 0.6 is 15.9 Å². The topological polar surface area (TPSA) is 0 Å². The number of benzene rings is 1. The molecule has 2 unspecified atom stereocenters. The van der Waals surface area contributed by atoms with Crippen LogP contribution in [-0.2, 0) is 0 Å². The number of halogens is 2. The standard InChI is InChI=1S/C17H20BrF/c1-2-3-7-11-17(18)12-10-15(13-16(17)19)14-8-5-4-6-9-14/h4-6,8-10,12-13,16H,2-3,7,11H2,1H3. The SMILES string of the molecule is CCCCCC1(Br)C=CC(c2ccccc2)=CC1F. The van der Waals surface area contributed by atoms with E-state index in [-0.39, 0.29) is 0 Å². The van der Waals surface area contributed by atoms with Crippen LogP contribution in [0.25, 0.3) is 5.57 Å². The lowest BCUT2D eigenvalue weighted by Gasteiger charge is -2.29. The number of unbranched alkanes of at least 4 members (excludes halogenated alkanes) is 2. The van der Waals surface area contributed by atoms with E-state index in [9.17, 15) is 4.39 Å². The molecule has 0 aliphatic heterocycles. The van der Waals surface area contributed by atoms with Crippen LogP contribution in [0.5, 0.6) is 0 Å². The summed E-state index contributed by atoms with van der Waals surface area (Å²) >= 11 is 3.59. The minimum absolute atomic E-state index is 0.513. The molecule has 0 spiro atoms. The molecule has 2 atom stereocenters. The molecule has 0 radical (unpaired) electrons. The molecule has 0 N–H and O–H groups in total. The molecule has 1 aromatic carbocycles. The second kappa shape index (κ2) is 6.51. The normalized spacial score (nSPS) is 26.3. The number of rotatable bonds is 5. The van der Waals surface area contributed by atoms with E-state index in [1.165, 1.54) is 0 Å². The predicted molar refractivity (Wildman–Crippen MR) is 84.3 cm³/mol. The zero-order chi connectivity index (χ0) is 13.7. The average molecular weight is 323 g/mol.